The molecule has 1 aromatic heterocycles. The van der Waals surface area contributed by atoms with Crippen LogP contribution in [0.3, 0.4) is 0 Å². The van der Waals surface area contributed by atoms with E-state index in [0.29, 0.717) is 29.8 Å². The number of esters is 1. The first-order valence-electron chi connectivity index (χ1n) is 10.9. The maximum atomic E-state index is 12.5. The number of hydrogen-bond acceptors (Lipinski definition) is 6. The molecule has 1 aliphatic carbocycles. The summed E-state index contributed by atoms with van der Waals surface area (Å²) in [6.45, 7) is 10.0. The van der Waals surface area contributed by atoms with Gasteiger partial charge in [0.1, 0.15) is 18.1 Å². The third-order valence-corrected chi connectivity index (χ3v) is 6.34. The molecule has 0 bridgehead atoms. The van der Waals surface area contributed by atoms with E-state index in [2.05, 4.69) is 24.3 Å². The molecule has 1 amide bonds. The van der Waals surface area contributed by atoms with Gasteiger partial charge in [0.15, 0.2) is 6.10 Å². The minimum absolute atomic E-state index is 0.131. The van der Waals surface area contributed by atoms with Crippen molar-refractivity contribution in [2.75, 3.05) is 0 Å². The minimum Gasteiger partial charge on any atom is -0.489 e. The van der Waals surface area contributed by atoms with Crippen molar-refractivity contribution in [1.29, 1.82) is 0 Å². The van der Waals surface area contributed by atoms with Crippen molar-refractivity contribution in [3.8, 4) is 5.75 Å². The van der Waals surface area contributed by atoms with Crippen molar-refractivity contribution >= 4 is 11.9 Å². The van der Waals surface area contributed by atoms with Gasteiger partial charge in [-0.2, -0.15) is 0 Å². The summed E-state index contributed by atoms with van der Waals surface area (Å²) in [4.78, 5) is 25.0. The van der Waals surface area contributed by atoms with E-state index in [0.717, 1.165) is 29.9 Å². The molecule has 0 spiro atoms. The maximum Gasteiger partial charge on any atom is 0.338 e. The summed E-state index contributed by atoms with van der Waals surface area (Å²) in [6, 6.07) is 6.78. The lowest BCUT2D eigenvalue weighted by Gasteiger charge is -2.35. The van der Waals surface area contributed by atoms with Gasteiger partial charge in [0.05, 0.1) is 16.8 Å². The molecule has 1 N–H and O–H groups in total. The number of carbonyl (C=O) groups is 2. The average Bonchev–Trinajstić information content (AvgIpc) is 3.07. The molecule has 7 heteroatoms. The predicted molar refractivity (Wildman–Crippen MR) is 116 cm³/mol. The molecule has 3 rings (SSSR count). The van der Waals surface area contributed by atoms with Crippen LogP contribution in [-0.2, 0) is 16.1 Å². The van der Waals surface area contributed by atoms with E-state index in [1.54, 1.807) is 31.2 Å². The van der Waals surface area contributed by atoms with Gasteiger partial charge in [-0.15, -0.1) is 0 Å². The number of nitrogens with one attached hydrogen (secondary N) is 1. The highest BCUT2D eigenvalue weighted by Crippen LogP contribution is 2.29. The first-order valence-corrected chi connectivity index (χ1v) is 10.9. The third-order valence-electron chi connectivity index (χ3n) is 6.34. The Morgan fingerprint density at radius 1 is 1.19 bits per heavy atom. The normalized spacial score (nSPS) is 21.9. The lowest BCUT2D eigenvalue weighted by atomic mass is 9.78. The molecule has 0 saturated heterocycles. The van der Waals surface area contributed by atoms with Crippen molar-refractivity contribution in [3.05, 3.63) is 46.8 Å². The van der Waals surface area contributed by atoms with E-state index in [-0.39, 0.29) is 11.9 Å². The minimum atomic E-state index is -0.854. The number of hydrogen-bond donors (Lipinski definition) is 1. The number of carbonyl (C=O) groups excluding carboxylic acids is 2. The number of amides is 1. The van der Waals surface area contributed by atoms with Crippen molar-refractivity contribution in [2.24, 2.45) is 11.8 Å². The number of aromatic nitrogens is 1. The number of rotatable bonds is 7. The molecule has 1 heterocycles. The Kier molecular flexibility index (Phi) is 7.36. The molecule has 1 fully saturated rings. The van der Waals surface area contributed by atoms with Crippen LogP contribution < -0.4 is 10.1 Å². The van der Waals surface area contributed by atoms with E-state index < -0.39 is 12.1 Å². The van der Waals surface area contributed by atoms with Gasteiger partial charge in [0.25, 0.3) is 5.91 Å². The molecule has 1 saturated carbocycles. The molecule has 1 aromatic carbocycles. The summed E-state index contributed by atoms with van der Waals surface area (Å²) in [7, 11) is 0. The smallest absolute Gasteiger partial charge is 0.338 e. The van der Waals surface area contributed by atoms with E-state index in [1.807, 2.05) is 13.8 Å². The van der Waals surface area contributed by atoms with Crippen LogP contribution in [0.25, 0.3) is 0 Å². The molecule has 168 valence electrons. The molecule has 0 unspecified atom stereocenters. The third kappa shape index (κ3) is 5.66. The lowest BCUT2D eigenvalue weighted by molar-refractivity contribution is -0.130. The van der Waals surface area contributed by atoms with Gasteiger partial charge in [-0.3, -0.25) is 4.79 Å². The Labute approximate surface area is 183 Å². The van der Waals surface area contributed by atoms with Crippen LogP contribution in [0.1, 0.15) is 67.4 Å². The quantitative estimate of drug-likeness (QED) is 0.659. The number of aryl methyl sites for hydroxylation is 2. The van der Waals surface area contributed by atoms with Gasteiger partial charge in [-0.05, 0) is 63.3 Å². The summed E-state index contributed by atoms with van der Waals surface area (Å²) < 4.78 is 16.3. The molecule has 4 atom stereocenters. The zero-order valence-corrected chi connectivity index (χ0v) is 18.9. The Morgan fingerprint density at radius 3 is 2.55 bits per heavy atom. The number of benzene rings is 1. The van der Waals surface area contributed by atoms with Crippen LogP contribution in [-0.4, -0.2) is 29.2 Å². The van der Waals surface area contributed by atoms with E-state index in [4.69, 9.17) is 14.0 Å². The Balaban J connectivity index is 1.51. The average molecular weight is 429 g/mol. The standard InChI is InChI=1S/C24H32N2O5/c1-14-7-6-8-22(15(14)2)25-23(27)18(5)30-24(28)19-9-11-20(12-10-19)29-13-21-16(3)26-31-17(21)4/h9-12,14-15,18,22H,6-8,13H2,1-5H3,(H,25,27)/t14-,15-,18-,22-/m0/s1. The first kappa shape index (κ1) is 22.8. The van der Waals surface area contributed by atoms with Crippen LogP contribution in [0.15, 0.2) is 28.8 Å². The van der Waals surface area contributed by atoms with Gasteiger partial charge in [-0.25, -0.2) is 4.79 Å². The van der Waals surface area contributed by atoms with Crippen LogP contribution in [0, 0.1) is 25.7 Å². The Morgan fingerprint density at radius 2 is 1.90 bits per heavy atom. The van der Waals surface area contributed by atoms with E-state index in [1.165, 1.54) is 6.42 Å². The zero-order valence-electron chi connectivity index (χ0n) is 18.9. The molecule has 2 aromatic rings. The monoisotopic (exact) mass is 428 g/mol. The maximum absolute atomic E-state index is 12.5. The second kappa shape index (κ2) is 9.98. The topological polar surface area (TPSA) is 90.7 Å². The highest BCUT2D eigenvalue weighted by molar-refractivity contribution is 5.92. The van der Waals surface area contributed by atoms with Gasteiger partial charge < -0.3 is 19.3 Å². The van der Waals surface area contributed by atoms with Crippen molar-refractivity contribution < 1.29 is 23.6 Å². The largest absolute Gasteiger partial charge is 0.489 e. The molecule has 7 nitrogen and oxygen atoms in total. The van der Waals surface area contributed by atoms with Gasteiger partial charge in [0, 0.05) is 6.04 Å². The van der Waals surface area contributed by atoms with E-state index >= 15 is 0 Å². The number of ether oxygens (including phenoxy) is 2. The van der Waals surface area contributed by atoms with Gasteiger partial charge >= 0.3 is 5.97 Å². The van der Waals surface area contributed by atoms with Crippen molar-refractivity contribution in [3.63, 3.8) is 0 Å². The van der Waals surface area contributed by atoms with Crippen LogP contribution in [0.5, 0.6) is 5.75 Å². The molecule has 1 aliphatic rings. The molecule has 31 heavy (non-hydrogen) atoms. The fourth-order valence-electron chi connectivity index (χ4n) is 3.92. The highest BCUT2D eigenvalue weighted by Gasteiger charge is 2.30. The Bertz CT molecular complexity index is 886. The molecule has 0 radical (unpaired) electrons. The van der Waals surface area contributed by atoms with Gasteiger partial charge in [0.2, 0.25) is 0 Å². The fourth-order valence-corrected chi connectivity index (χ4v) is 3.92. The summed E-state index contributed by atoms with van der Waals surface area (Å²) >= 11 is 0. The van der Waals surface area contributed by atoms with Crippen LogP contribution >= 0.6 is 0 Å². The van der Waals surface area contributed by atoms with Crippen molar-refractivity contribution in [1.82, 2.24) is 10.5 Å². The summed E-state index contributed by atoms with van der Waals surface area (Å²) in [5.41, 5.74) is 2.07. The van der Waals surface area contributed by atoms with E-state index in [9.17, 15) is 9.59 Å². The zero-order chi connectivity index (χ0) is 22.5. The summed E-state index contributed by atoms with van der Waals surface area (Å²) in [5.74, 6) is 1.54. The van der Waals surface area contributed by atoms with Crippen LogP contribution in [0.4, 0.5) is 0 Å². The molecular weight excluding hydrogens is 396 g/mol. The SMILES string of the molecule is Cc1noc(C)c1COc1ccc(C(=O)O[C@@H](C)C(=O)N[C@H]2CCC[C@H](C)[C@@H]2C)cc1. The van der Waals surface area contributed by atoms with Gasteiger partial charge in [-0.1, -0.05) is 31.8 Å². The van der Waals surface area contributed by atoms with Crippen LogP contribution in [0.2, 0.25) is 0 Å². The molecular formula is C24H32N2O5. The number of nitrogens with zero attached hydrogens (tertiary/aromatic N) is 1. The lowest BCUT2D eigenvalue weighted by Crippen LogP contribution is -2.47. The Hall–Kier alpha value is -2.83. The highest BCUT2D eigenvalue weighted by atomic mass is 16.5. The second-order valence-corrected chi connectivity index (χ2v) is 8.55. The van der Waals surface area contributed by atoms with Crippen molar-refractivity contribution in [2.45, 2.75) is 72.6 Å². The summed E-state index contributed by atoms with van der Waals surface area (Å²) in [5, 5.41) is 6.96. The predicted octanol–water partition coefficient (Wildman–Crippen LogP) is 4.36. The molecule has 0 aliphatic heterocycles. The fraction of sp³-hybridized carbons (Fsp3) is 0.542. The second-order valence-electron chi connectivity index (χ2n) is 8.55. The summed E-state index contributed by atoms with van der Waals surface area (Å²) in [6.07, 6.45) is 2.41. The first-order chi connectivity index (χ1) is 14.8.